The highest BCUT2D eigenvalue weighted by atomic mass is 32.1. The van der Waals surface area contributed by atoms with Crippen LogP contribution in [0.3, 0.4) is 0 Å². The molecule has 12 N–H and O–H groups in total. The minimum Gasteiger partial charge on any atom is -0.504 e. The van der Waals surface area contributed by atoms with Crippen molar-refractivity contribution in [1.29, 1.82) is 0 Å². The van der Waals surface area contributed by atoms with Crippen molar-refractivity contribution < 1.29 is 50.4 Å². The van der Waals surface area contributed by atoms with Gasteiger partial charge >= 0.3 is 0 Å². The number of carbonyl (C=O) groups excluding carboxylic acids is 1. The van der Waals surface area contributed by atoms with Gasteiger partial charge in [0.05, 0.1) is 18.7 Å². The molecule has 0 bridgehead atoms. The summed E-state index contributed by atoms with van der Waals surface area (Å²) in [6.45, 7) is -1.16. The van der Waals surface area contributed by atoms with Gasteiger partial charge in [-0.15, -0.1) is 11.3 Å². The van der Waals surface area contributed by atoms with E-state index >= 15 is 0 Å². The third kappa shape index (κ3) is 6.00. The highest BCUT2D eigenvalue weighted by molar-refractivity contribution is 7.13. The van der Waals surface area contributed by atoms with Crippen LogP contribution < -0.4 is 16.4 Å². The number of anilines is 2. The number of rotatable bonds is 10. The molecule has 3 rings (SSSR count). The predicted molar refractivity (Wildman–Crippen MR) is 129 cm³/mol. The lowest BCUT2D eigenvalue weighted by Crippen LogP contribution is -2.55. The number of ether oxygens (including phenoxy) is 1. The Morgan fingerprint density at radius 3 is 2.16 bits per heavy atom. The highest BCUT2D eigenvalue weighted by Gasteiger charge is 2.42. The van der Waals surface area contributed by atoms with E-state index in [1.165, 1.54) is 24.6 Å². The van der Waals surface area contributed by atoms with E-state index < -0.39 is 64.5 Å². The van der Waals surface area contributed by atoms with Gasteiger partial charge in [0.1, 0.15) is 11.3 Å². The van der Waals surface area contributed by atoms with Crippen LogP contribution in [0.2, 0.25) is 0 Å². The van der Waals surface area contributed by atoms with Gasteiger partial charge in [0.25, 0.3) is 5.91 Å². The number of aromatic hydroxyl groups is 4. The van der Waals surface area contributed by atoms with Gasteiger partial charge in [-0.2, -0.15) is 0 Å². The topological polar surface area (TPSA) is 251 Å². The second-order valence-corrected chi connectivity index (χ2v) is 8.86. The van der Waals surface area contributed by atoms with Gasteiger partial charge in [0.2, 0.25) is 11.7 Å². The van der Waals surface area contributed by atoms with Gasteiger partial charge in [-0.25, -0.2) is 4.98 Å². The van der Waals surface area contributed by atoms with Crippen molar-refractivity contribution in [2.45, 2.75) is 24.2 Å². The van der Waals surface area contributed by atoms with E-state index in [9.17, 15) is 45.6 Å². The average molecular weight is 539 g/mol. The Hall–Kier alpha value is -3.70. The first-order chi connectivity index (χ1) is 17.3. The molecule has 14 nitrogen and oxygen atoms in total. The zero-order valence-electron chi connectivity index (χ0n) is 19.3. The molecule has 0 aliphatic rings. The molecule has 15 heteroatoms. The summed E-state index contributed by atoms with van der Waals surface area (Å²) in [4.78, 5) is 16.2. The lowest BCUT2D eigenvalue weighted by Gasteiger charge is -2.34. The molecule has 0 saturated heterocycles. The van der Waals surface area contributed by atoms with E-state index in [0.29, 0.717) is 5.56 Å². The third-order valence-corrected chi connectivity index (χ3v) is 5.99. The second-order valence-electron chi connectivity index (χ2n) is 7.97. The molecule has 0 radical (unpaired) electrons. The Morgan fingerprint density at radius 2 is 1.65 bits per heavy atom. The van der Waals surface area contributed by atoms with Crippen molar-refractivity contribution in [2.24, 2.45) is 0 Å². The van der Waals surface area contributed by atoms with Gasteiger partial charge in [0.15, 0.2) is 34.2 Å². The van der Waals surface area contributed by atoms with Crippen LogP contribution in [0, 0.1) is 0 Å². The molecule has 3 aromatic rings. The van der Waals surface area contributed by atoms with Crippen molar-refractivity contribution in [2.75, 3.05) is 24.7 Å². The maximum Gasteiger partial charge on any atom is 0.254 e. The van der Waals surface area contributed by atoms with E-state index in [-0.39, 0.29) is 17.2 Å². The van der Waals surface area contributed by atoms with Gasteiger partial charge in [-0.3, -0.25) is 10.1 Å². The van der Waals surface area contributed by atoms with Crippen LogP contribution in [0.25, 0.3) is 0 Å². The zero-order valence-corrected chi connectivity index (χ0v) is 20.1. The monoisotopic (exact) mass is 538 g/mol. The summed E-state index contributed by atoms with van der Waals surface area (Å²) in [6, 6.07) is 7.93. The number of methoxy groups -OCH3 is 1. The summed E-state index contributed by atoms with van der Waals surface area (Å²) in [6.07, 6.45) is -1.75. The Balaban J connectivity index is 1.84. The van der Waals surface area contributed by atoms with Crippen LogP contribution in [0.5, 0.6) is 23.0 Å². The number of amides is 1. The molecule has 37 heavy (non-hydrogen) atoms. The van der Waals surface area contributed by atoms with Crippen LogP contribution in [-0.4, -0.2) is 71.3 Å². The maximum atomic E-state index is 12.3. The van der Waals surface area contributed by atoms with Gasteiger partial charge < -0.3 is 56.6 Å². The summed E-state index contributed by atoms with van der Waals surface area (Å²) in [5.74, 6) is -12.1. The second kappa shape index (κ2) is 10.7. The van der Waals surface area contributed by atoms with Crippen LogP contribution in [0.15, 0.2) is 35.7 Å². The van der Waals surface area contributed by atoms with Crippen LogP contribution in [-0.2, 0) is 21.7 Å². The Labute approximate surface area is 213 Å². The molecule has 1 heterocycles. The maximum absolute atomic E-state index is 12.3. The summed E-state index contributed by atoms with van der Waals surface area (Å²) in [7, 11) is 1.18. The molecular weight excluding hydrogens is 512 g/mol. The number of aromatic nitrogens is 1. The van der Waals surface area contributed by atoms with E-state index in [4.69, 9.17) is 10.5 Å². The summed E-state index contributed by atoms with van der Waals surface area (Å²) in [5.41, 5.74) is 4.07. The number of benzene rings is 2. The number of hydrogen-bond donors (Lipinski definition) is 11. The standard InChI is InChI=1S/C22H26N4O10S/c1-36-19(10-5-3-2-4-6-10)22(34,35)24-9-21(32,33)13-15(28)17(30)14(18(31)16(13)29)26-12(27)7-11-8-37-20(23)25-11/h2-6,8,19,24,28-35H,7,9H2,1H3,(H2,23,25)(H,26,27). The fourth-order valence-corrected chi connectivity index (χ4v) is 4.11. The minimum atomic E-state index is -3.30. The number of phenols is 4. The van der Waals surface area contributed by atoms with Crippen molar-refractivity contribution in [3.8, 4) is 23.0 Å². The molecular formula is C22H26N4O10S. The molecule has 0 saturated carbocycles. The number of nitrogen functional groups attached to an aromatic ring is 1. The van der Waals surface area contributed by atoms with Crippen LogP contribution in [0.4, 0.5) is 10.8 Å². The number of nitrogens with zero attached hydrogens (tertiary/aromatic N) is 1. The third-order valence-electron chi connectivity index (χ3n) is 5.27. The first kappa shape index (κ1) is 27.9. The first-order valence-electron chi connectivity index (χ1n) is 10.5. The van der Waals surface area contributed by atoms with Gasteiger partial charge in [-0.1, -0.05) is 30.3 Å². The lowest BCUT2D eigenvalue weighted by atomic mass is 9.99. The number of nitrogens with two attached hydrogens (primary N) is 1. The number of nitrogens with one attached hydrogen (secondary N) is 2. The normalized spacial score (nSPS) is 12.9. The average Bonchev–Trinajstić information content (AvgIpc) is 3.24. The van der Waals surface area contributed by atoms with Gasteiger partial charge in [0, 0.05) is 12.5 Å². The predicted octanol–water partition coefficient (Wildman–Crippen LogP) is -0.518. The quantitative estimate of drug-likeness (QED) is 0.0884. The number of phenolic OH excluding ortho intramolecular Hbond substituents is 4. The minimum absolute atomic E-state index is 0.208. The highest BCUT2D eigenvalue weighted by Crippen LogP contribution is 2.52. The molecule has 0 aliphatic carbocycles. The molecule has 2 aromatic carbocycles. The molecule has 0 fully saturated rings. The molecule has 1 atom stereocenters. The Bertz CT molecular complexity index is 1240. The lowest BCUT2D eigenvalue weighted by molar-refractivity contribution is -0.270. The van der Waals surface area contributed by atoms with E-state index in [0.717, 1.165) is 11.3 Å². The van der Waals surface area contributed by atoms with Gasteiger partial charge in [-0.05, 0) is 5.56 Å². The number of hydrogen-bond acceptors (Lipinski definition) is 14. The summed E-state index contributed by atoms with van der Waals surface area (Å²) in [5, 5.41) is 89.3. The number of carbonyl (C=O) groups is 1. The molecule has 0 spiro atoms. The van der Waals surface area contributed by atoms with E-state index in [1.807, 2.05) is 5.32 Å². The van der Waals surface area contributed by atoms with Crippen molar-refractivity contribution >= 4 is 28.1 Å². The Morgan fingerprint density at radius 1 is 1.05 bits per heavy atom. The fraction of sp³-hybridized carbons (Fsp3) is 0.273. The number of thiazole rings is 1. The SMILES string of the molecule is COC(c1ccccc1)C(O)(O)NCC(O)(O)c1c(O)c(O)c(NC(=O)Cc2csc(N)n2)c(O)c1O. The zero-order chi connectivity index (χ0) is 27.5. The Kier molecular flexibility index (Phi) is 8.09. The molecule has 0 aliphatic heterocycles. The molecule has 1 aromatic heterocycles. The summed E-state index contributed by atoms with van der Waals surface area (Å²) >= 11 is 1.08. The largest absolute Gasteiger partial charge is 0.504 e. The van der Waals surface area contributed by atoms with Crippen molar-refractivity contribution in [3.63, 3.8) is 0 Å². The first-order valence-corrected chi connectivity index (χ1v) is 11.4. The van der Waals surface area contributed by atoms with E-state index in [1.54, 1.807) is 18.2 Å². The molecule has 1 amide bonds. The molecule has 1 unspecified atom stereocenters. The van der Waals surface area contributed by atoms with Crippen molar-refractivity contribution in [3.05, 3.63) is 52.5 Å². The summed E-state index contributed by atoms with van der Waals surface area (Å²) < 4.78 is 5.10. The van der Waals surface area contributed by atoms with Crippen LogP contribution in [0.1, 0.15) is 22.9 Å². The molecule has 200 valence electrons. The fourth-order valence-electron chi connectivity index (χ4n) is 3.54. The van der Waals surface area contributed by atoms with Crippen molar-refractivity contribution in [1.82, 2.24) is 10.3 Å². The number of aliphatic hydroxyl groups is 4. The van der Waals surface area contributed by atoms with E-state index in [2.05, 4.69) is 10.3 Å². The van der Waals surface area contributed by atoms with Crippen LogP contribution >= 0.6 is 11.3 Å². The smallest absolute Gasteiger partial charge is 0.254 e.